The van der Waals surface area contributed by atoms with Gasteiger partial charge in [0.05, 0.1) is 6.20 Å². The van der Waals surface area contributed by atoms with Crippen LogP contribution in [0.5, 0.6) is 0 Å². The van der Waals surface area contributed by atoms with E-state index in [1.165, 1.54) is 0 Å². The van der Waals surface area contributed by atoms with Gasteiger partial charge in [0.1, 0.15) is 5.56 Å². The molecule has 1 atom stereocenters. The number of rotatable bonds is 7. The van der Waals surface area contributed by atoms with Crippen LogP contribution in [0.15, 0.2) is 11.2 Å². The maximum absolute atomic E-state index is 12.1. The molecule has 0 amide bonds. The van der Waals surface area contributed by atoms with Crippen molar-refractivity contribution in [3.63, 3.8) is 0 Å². The molecule has 9 heteroatoms. The molecule has 1 aromatic rings. The Bertz CT molecular complexity index is 593. The van der Waals surface area contributed by atoms with Crippen LogP contribution >= 0.6 is 0 Å². The van der Waals surface area contributed by atoms with Gasteiger partial charge in [0.15, 0.2) is 5.03 Å². The lowest BCUT2D eigenvalue weighted by molar-refractivity contribution is 0.0692. The fourth-order valence-electron chi connectivity index (χ4n) is 1.92. The van der Waals surface area contributed by atoms with Gasteiger partial charge in [0.25, 0.3) is 10.0 Å². The number of carbonyl (C=O) groups is 1. The van der Waals surface area contributed by atoms with Gasteiger partial charge in [-0.1, -0.05) is 0 Å². The molecule has 20 heavy (non-hydrogen) atoms. The summed E-state index contributed by atoms with van der Waals surface area (Å²) >= 11 is 0. The van der Waals surface area contributed by atoms with Gasteiger partial charge in [-0.25, -0.2) is 17.9 Å². The summed E-state index contributed by atoms with van der Waals surface area (Å²) in [4.78, 5) is 13.0. The van der Waals surface area contributed by atoms with Gasteiger partial charge < -0.3 is 5.11 Å². The summed E-state index contributed by atoms with van der Waals surface area (Å²) in [6.07, 6.45) is 3.26. The first kappa shape index (κ1) is 14.9. The van der Waals surface area contributed by atoms with Crippen LogP contribution in [0.2, 0.25) is 0 Å². The molecule has 1 saturated carbocycles. The third-order valence-corrected chi connectivity index (χ3v) is 4.89. The van der Waals surface area contributed by atoms with Crippen molar-refractivity contribution in [1.82, 2.24) is 19.8 Å². The minimum atomic E-state index is -3.90. The summed E-state index contributed by atoms with van der Waals surface area (Å²) in [5.41, 5.74) is -0.360. The largest absolute Gasteiger partial charge is 0.478 e. The predicted octanol–water partition coefficient (Wildman–Crippen LogP) is -0.131. The number of sulfonamides is 1. The second kappa shape index (κ2) is 5.51. The van der Waals surface area contributed by atoms with Crippen LogP contribution in [0.4, 0.5) is 0 Å². The summed E-state index contributed by atoms with van der Waals surface area (Å²) in [5, 5.41) is 14.2. The average Bonchev–Trinajstić information content (AvgIpc) is 3.10. The molecule has 0 spiro atoms. The standard InChI is InChI=1S/C11H18N4O4S/c1-7(15(2)8-3-4-8)5-13-20(18,19)10-9(11(16)17)6-12-14-10/h6-8,13H,3-5H2,1-2H3,(H,12,14)(H,16,17). The lowest BCUT2D eigenvalue weighted by Crippen LogP contribution is -2.41. The van der Waals surface area contributed by atoms with E-state index < -0.39 is 21.0 Å². The Morgan fingerprint density at radius 1 is 1.65 bits per heavy atom. The topological polar surface area (TPSA) is 115 Å². The molecule has 0 bridgehead atoms. The number of aromatic carboxylic acids is 1. The van der Waals surface area contributed by atoms with Gasteiger partial charge in [0.2, 0.25) is 0 Å². The Hall–Kier alpha value is -1.45. The number of hydrogen-bond donors (Lipinski definition) is 3. The summed E-state index contributed by atoms with van der Waals surface area (Å²) in [6.45, 7) is 2.14. The molecular weight excluding hydrogens is 284 g/mol. The minimum Gasteiger partial charge on any atom is -0.478 e. The van der Waals surface area contributed by atoms with Gasteiger partial charge in [0, 0.05) is 18.6 Å². The van der Waals surface area contributed by atoms with E-state index in [0.717, 1.165) is 19.0 Å². The van der Waals surface area contributed by atoms with Crippen LogP contribution in [0, 0.1) is 0 Å². The van der Waals surface area contributed by atoms with Crippen molar-refractivity contribution < 1.29 is 18.3 Å². The van der Waals surface area contributed by atoms with Crippen molar-refractivity contribution in [3.8, 4) is 0 Å². The third-order valence-electron chi connectivity index (χ3n) is 3.49. The molecule has 0 aliphatic heterocycles. The maximum atomic E-state index is 12.1. The van der Waals surface area contributed by atoms with Gasteiger partial charge in [-0.2, -0.15) is 5.10 Å². The van der Waals surface area contributed by atoms with Crippen LogP contribution in [0.25, 0.3) is 0 Å². The molecule has 1 aliphatic carbocycles. The summed E-state index contributed by atoms with van der Waals surface area (Å²) in [5.74, 6) is -1.33. The Kier molecular flexibility index (Phi) is 4.11. The number of aromatic amines is 1. The maximum Gasteiger partial charge on any atom is 0.340 e. The first-order chi connectivity index (χ1) is 9.33. The molecule has 0 saturated heterocycles. The molecule has 0 aromatic carbocycles. The summed E-state index contributed by atoms with van der Waals surface area (Å²) < 4.78 is 26.5. The van der Waals surface area contributed by atoms with E-state index in [1.54, 1.807) is 0 Å². The SMILES string of the molecule is CC(CNS(=O)(=O)c1[nH]ncc1C(=O)O)N(C)C1CC1. The zero-order chi connectivity index (χ0) is 14.9. The van der Waals surface area contributed by atoms with Crippen LogP contribution in [-0.4, -0.2) is 60.3 Å². The Labute approximate surface area is 117 Å². The van der Waals surface area contributed by atoms with E-state index in [1.807, 2.05) is 14.0 Å². The van der Waals surface area contributed by atoms with Crippen molar-refractivity contribution in [2.45, 2.75) is 36.9 Å². The highest BCUT2D eigenvalue weighted by molar-refractivity contribution is 7.89. The number of carboxylic acids is 1. The van der Waals surface area contributed by atoms with E-state index in [0.29, 0.717) is 6.04 Å². The lowest BCUT2D eigenvalue weighted by atomic mass is 10.3. The average molecular weight is 302 g/mol. The molecule has 2 rings (SSSR count). The quantitative estimate of drug-likeness (QED) is 0.646. The zero-order valence-electron chi connectivity index (χ0n) is 11.3. The van der Waals surface area contributed by atoms with Gasteiger partial charge in [-0.3, -0.25) is 10.00 Å². The second-order valence-electron chi connectivity index (χ2n) is 5.02. The van der Waals surface area contributed by atoms with Gasteiger partial charge in [-0.15, -0.1) is 0 Å². The van der Waals surface area contributed by atoms with Crippen LogP contribution < -0.4 is 4.72 Å². The number of hydrogen-bond acceptors (Lipinski definition) is 5. The normalized spacial score (nSPS) is 17.4. The number of nitrogens with zero attached hydrogens (tertiary/aromatic N) is 2. The lowest BCUT2D eigenvalue weighted by Gasteiger charge is -2.24. The molecule has 1 unspecified atom stereocenters. The van der Waals surface area contributed by atoms with E-state index in [2.05, 4.69) is 19.8 Å². The van der Waals surface area contributed by atoms with Crippen LogP contribution in [0.1, 0.15) is 30.1 Å². The van der Waals surface area contributed by atoms with Gasteiger partial charge in [-0.05, 0) is 26.8 Å². The molecule has 1 aliphatic rings. The number of nitrogens with one attached hydrogen (secondary N) is 2. The molecule has 8 nitrogen and oxygen atoms in total. The van der Waals surface area contributed by atoms with Crippen molar-refractivity contribution in [2.75, 3.05) is 13.6 Å². The third kappa shape index (κ3) is 3.17. The zero-order valence-corrected chi connectivity index (χ0v) is 12.1. The van der Waals surface area contributed by atoms with E-state index in [4.69, 9.17) is 5.11 Å². The van der Waals surface area contributed by atoms with Crippen molar-refractivity contribution in [1.29, 1.82) is 0 Å². The number of H-pyrrole nitrogens is 1. The van der Waals surface area contributed by atoms with E-state index >= 15 is 0 Å². The number of likely N-dealkylation sites (N-methyl/N-ethyl adjacent to an activating group) is 1. The molecule has 1 fully saturated rings. The molecule has 112 valence electrons. The Balaban J connectivity index is 2.03. The van der Waals surface area contributed by atoms with Crippen LogP contribution in [0.3, 0.4) is 0 Å². The highest BCUT2D eigenvalue weighted by Crippen LogP contribution is 2.26. The smallest absolute Gasteiger partial charge is 0.340 e. The van der Waals surface area contributed by atoms with Gasteiger partial charge >= 0.3 is 5.97 Å². The fourth-order valence-corrected chi connectivity index (χ4v) is 3.13. The first-order valence-electron chi connectivity index (χ1n) is 6.31. The number of aromatic nitrogens is 2. The van der Waals surface area contributed by atoms with Crippen molar-refractivity contribution in [2.24, 2.45) is 0 Å². The Morgan fingerprint density at radius 3 is 2.85 bits per heavy atom. The molecule has 3 N–H and O–H groups in total. The monoisotopic (exact) mass is 302 g/mol. The van der Waals surface area contributed by atoms with Crippen LogP contribution in [-0.2, 0) is 10.0 Å². The van der Waals surface area contributed by atoms with E-state index in [-0.39, 0.29) is 18.2 Å². The molecular formula is C11H18N4O4S. The molecule has 1 aromatic heterocycles. The highest BCUT2D eigenvalue weighted by Gasteiger charge is 2.30. The first-order valence-corrected chi connectivity index (χ1v) is 7.79. The summed E-state index contributed by atoms with van der Waals surface area (Å²) in [6, 6.07) is 0.560. The highest BCUT2D eigenvalue weighted by atomic mass is 32.2. The van der Waals surface area contributed by atoms with Crippen molar-refractivity contribution in [3.05, 3.63) is 11.8 Å². The second-order valence-corrected chi connectivity index (χ2v) is 6.72. The van der Waals surface area contributed by atoms with E-state index in [9.17, 15) is 13.2 Å². The fraction of sp³-hybridized carbons (Fsp3) is 0.636. The minimum absolute atomic E-state index is 0.0356. The predicted molar refractivity (Wildman–Crippen MR) is 71.0 cm³/mol. The van der Waals surface area contributed by atoms with Crippen molar-refractivity contribution >= 4 is 16.0 Å². The number of carboxylic acid groups (broad SMARTS) is 1. The molecule has 1 heterocycles. The summed E-state index contributed by atoms with van der Waals surface area (Å²) in [7, 11) is -1.95. The molecule has 0 radical (unpaired) electrons. The Morgan fingerprint density at radius 2 is 2.30 bits per heavy atom.